The normalized spacial score (nSPS) is 14.3. The smallest absolute Gasteiger partial charge is 0.408 e. The molecule has 78 heavy (non-hydrogen) atoms. The van der Waals surface area contributed by atoms with Crippen molar-refractivity contribution in [1.82, 2.24) is 40.5 Å². The van der Waals surface area contributed by atoms with Crippen molar-refractivity contribution >= 4 is 59.3 Å². The number of hydrogen-bond acceptors (Lipinski definition) is 12. The lowest BCUT2D eigenvalue weighted by Gasteiger charge is -2.42. The van der Waals surface area contributed by atoms with Crippen LogP contribution in [0.5, 0.6) is 0 Å². The zero-order chi connectivity index (χ0) is 58.3. The predicted octanol–water partition coefficient (Wildman–Crippen LogP) is 2.28. The first kappa shape index (κ1) is 58.5. The van der Waals surface area contributed by atoms with E-state index in [1.165, 1.54) is 11.0 Å². The van der Waals surface area contributed by atoms with Gasteiger partial charge in [-0.2, -0.15) is 0 Å². The molecule has 0 bridgehead atoms. The average molecular weight is 1090 g/mol. The molecule has 416 valence electrons. The maximum absolute atomic E-state index is 15.5. The molecule has 0 fully saturated rings. The number of carbonyl (C=O) groups is 10. The molecule has 0 spiro atoms. The van der Waals surface area contributed by atoms with E-state index >= 15 is 4.39 Å². The van der Waals surface area contributed by atoms with Crippen LogP contribution < -0.4 is 27.0 Å². The Bertz CT molecular complexity index is 2920. The molecule has 0 aliphatic carbocycles. The van der Waals surface area contributed by atoms with Crippen LogP contribution in [0, 0.1) is 17.0 Å². The summed E-state index contributed by atoms with van der Waals surface area (Å²) in [6.45, 7) is 4.13. The number of aliphatic carboxylic acids is 1. The molecule has 24 heteroatoms. The standard InChI is InChI=1S/C54H63F2N9O13/c1-32(61-53(77)78-31-35-14-10-7-11-15-35)50(74)60-33(2)52(76)65(42(49(57)73)26-47(71)72)40(51(75)59-22-21-58-43(67)29-64-44(68)18-19-45(64)69)20-23-63(46(70)30-66)48(54(3,4)5)41-24-36(38-25-37(55)16-17-39(38)56)28-62(41)27-34-12-8-6-9-13-34/h6-19,24-25,28,32-33,40,42,48,66H,20-23,26-27,29-31H2,1-5H3,(H2,57,73)(H,58,67)(H,59,75)(H,60,74)(H,61,77)(H,71,72)/t32-,33-,40-,42-,48-/m0/s1/i/hD. The summed E-state index contributed by atoms with van der Waals surface area (Å²) in [7, 11) is 0. The third-order valence-electron chi connectivity index (χ3n) is 12.4. The van der Waals surface area contributed by atoms with Crippen molar-refractivity contribution in [2.24, 2.45) is 11.1 Å². The molecule has 3 aromatic carbocycles. The molecule has 5 rings (SSSR count). The highest BCUT2D eigenvalue weighted by molar-refractivity contribution is 6.14. The molecule has 1 aromatic heterocycles. The molecule has 4 aromatic rings. The molecular weight excluding hydrogens is 1020 g/mol. The number of nitrogens with zero attached hydrogens (tertiary/aromatic N) is 4. The first-order chi connectivity index (χ1) is 37.3. The number of rotatable bonds is 26. The SMILES string of the molecule is [2H]N(C(=O)OCc1ccccc1)[C@@H](C)C(=O)N[C@@H](C)C(=O)N([C@@H](CC(=O)O)C(N)=O)[C@@H](CCN(C(=O)CO)[C@@H](c1cc(-c2cc(F)ccc2F)cn1Cc1ccccc1)C(C)(C)C)C(=O)NCCNC(=O)CN1C(=O)C=CC1=O. The number of halogens is 2. The predicted molar refractivity (Wildman–Crippen MR) is 276 cm³/mol. The van der Waals surface area contributed by atoms with E-state index < -0.39 is 146 Å². The second-order valence-electron chi connectivity index (χ2n) is 19.3. The largest absolute Gasteiger partial charge is 0.481 e. The van der Waals surface area contributed by atoms with Gasteiger partial charge in [-0.3, -0.25) is 48.1 Å². The Morgan fingerprint density at radius 2 is 1.44 bits per heavy atom. The number of aliphatic hydroxyl groups is 1. The van der Waals surface area contributed by atoms with Gasteiger partial charge in [-0.25, -0.2) is 13.6 Å². The number of amides is 9. The van der Waals surface area contributed by atoms with Gasteiger partial charge in [0.05, 0.1) is 12.5 Å². The van der Waals surface area contributed by atoms with Crippen molar-refractivity contribution in [3.8, 4) is 11.1 Å². The highest BCUT2D eigenvalue weighted by atomic mass is 19.1. The lowest BCUT2D eigenvalue weighted by atomic mass is 9.82. The number of nitrogens with two attached hydrogens (primary N) is 1. The number of ether oxygens (including phenoxy) is 1. The van der Waals surface area contributed by atoms with E-state index in [1.54, 1.807) is 80.1 Å². The zero-order valence-corrected chi connectivity index (χ0v) is 43.5. The summed E-state index contributed by atoms with van der Waals surface area (Å²) in [6, 6.07) is 13.1. The number of primary amides is 1. The van der Waals surface area contributed by atoms with Crippen molar-refractivity contribution in [2.45, 2.75) is 90.8 Å². The highest BCUT2D eigenvalue weighted by Crippen LogP contribution is 2.41. The van der Waals surface area contributed by atoms with Crippen LogP contribution in [0.2, 0.25) is 1.41 Å². The number of carboxylic acids is 1. The summed E-state index contributed by atoms with van der Waals surface area (Å²) in [4.78, 5) is 135. The van der Waals surface area contributed by atoms with Crippen LogP contribution in [-0.4, -0.2) is 146 Å². The van der Waals surface area contributed by atoms with Gasteiger partial charge in [0, 0.05) is 61.3 Å². The van der Waals surface area contributed by atoms with Crippen molar-refractivity contribution in [3.63, 3.8) is 0 Å². The number of carboxylic acid groups (broad SMARTS) is 1. The zero-order valence-electron chi connectivity index (χ0n) is 44.5. The Hall–Kier alpha value is -8.80. The second kappa shape index (κ2) is 27.3. The van der Waals surface area contributed by atoms with Gasteiger partial charge < -0.3 is 56.3 Å². The first-order valence-corrected chi connectivity index (χ1v) is 24.6. The fraction of sp³-hybridized carbons (Fsp3) is 0.370. The minimum atomic E-state index is -2.16. The monoisotopic (exact) mass is 1080 g/mol. The molecule has 5 atom stereocenters. The van der Waals surface area contributed by atoms with Gasteiger partial charge in [0.1, 0.15) is 55.6 Å². The maximum Gasteiger partial charge on any atom is 0.408 e. The summed E-state index contributed by atoms with van der Waals surface area (Å²) in [5.74, 6) is -11.4. The van der Waals surface area contributed by atoms with Crippen LogP contribution in [0.4, 0.5) is 13.6 Å². The van der Waals surface area contributed by atoms with Crippen molar-refractivity contribution < 1.29 is 73.1 Å². The van der Waals surface area contributed by atoms with Crippen LogP contribution in [-0.2, 0) is 61.0 Å². The Balaban J connectivity index is 1.55. The molecule has 8 N–H and O–H groups in total. The van der Waals surface area contributed by atoms with Crippen molar-refractivity contribution in [3.05, 3.63) is 132 Å². The van der Waals surface area contributed by atoms with Crippen molar-refractivity contribution in [1.29, 1.82) is 0 Å². The average Bonchev–Trinajstić information content (AvgIpc) is 4.14. The van der Waals surface area contributed by atoms with E-state index in [0.717, 1.165) is 49.8 Å². The molecule has 1 aliphatic rings. The summed E-state index contributed by atoms with van der Waals surface area (Å²) >= 11 is 0. The van der Waals surface area contributed by atoms with E-state index in [0.29, 0.717) is 21.1 Å². The first-order valence-electron chi connectivity index (χ1n) is 25.1. The molecule has 0 saturated heterocycles. The number of alkyl carbamates (subject to hydrolysis) is 1. The van der Waals surface area contributed by atoms with Crippen LogP contribution in [0.1, 0.15) is 70.3 Å². The lowest BCUT2D eigenvalue weighted by molar-refractivity contribution is -0.153. The second-order valence-corrected chi connectivity index (χ2v) is 19.3. The number of carbonyl (C=O) groups excluding carboxylic acids is 9. The van der Waals surface area contributed by atoms with Gasteiger partial charge in [-0.1, -0.05) is 81.4 Å². The Kier molecular flexibility index (Phi) is 20.5. The topological polar surface area (TPSA) is 309 Å². The lowest BCUT2D eigenvalue weighted by Crippen LogP contribution is -2.63. The molecular formula is C54H63F2N9O13. The van der Waals surface area contributed by atoms with Gasteiger partial charge in [0.2, 0.25) is 35.4 Å². The van der Waals surface area contributed by atoms with Gasteiger partial charge in [-0.05, 0) is 61.1 Å². The maximum atomic E-state index is 15.5. The number of aromatic nitrogens is 1. The molecule has 0 radical (unpaired) electrons. The summed E-state index contributed by atoms with van der Waals surface area (Å²) in [6.07, 6.45) is 0.381. The molecule has 2 heterocycles. The Morgan fingerprint density at radius 3 is 2.03 bits per heavy atom. The van der Waals surface area contributed by atoms with E-state index in [1.807, 2.05) is 12.1 Å². The highest BCUT2D eigenvalue weighted by Gasteiger charge is 2.43. The van der Waals surface area contributed by atoms with E-state index in [9.17, 15) is 62.5 Å². The quantitative estimate of drug-likeness (QED) is 0.0351. The summed E-state index contributed by atoms with van der Waals surface area (Å²) in [5, 5.41) is 28.1. The van der Waals surface area contributed by atoms with E-state index in [2.05, 4.69) is 16.0 Å². The van der Waals surface area contributed by atoms with E-state index in [4.69, 9.17) is 11.9 Å². The number of imide groups is 1. The Morgan fingerprint density at radius 1 is 0.821 bits per heavy atom. The van der Waals surface area contributed by atoms with Gasteiger partial charge in [-0.15, -0.1) is 0 Å². The fourth-order valence-corrected chi connectivity index (χ4v) is 8.67. The molecule has 22 nitrogen and oxygen atoms in total. The molecule has 9 amide bonds. The minimum Gasteiger partial charge on any atom is -0.481 e. The number of aliphatic hydroxyl groups excluding tert-OH is 1. The fourth-order valence-electron chi connectivity index (χ4n) is 8.67. The third kappa shape index (κ3) is 16.4. The number of hydrogen-bond donors (Lipinski definition) is 7. The summed E-state index contributed by atoms with van der Waals surface area (Å²) in [5.41, 5.74) is 6.51. The molecule has 0 saturated carbocycles. The third-order valence-corrected chi connectivity index (χ3v) is 12.4. The van der Waals surface area contributed by atoms with Gasteiger partial charge >= 0.3 is 12.1 Å². The summed E-state index contributed by atoms with van der Waals surface area (Å²) < 4.78 is 45.4. The van der Waals surface area contributed by atoms with Gasteiger partial charge in [0.15, 0.2) is 1.41 Å². The van der Waals surface area contributed by atoms with Crippen LogP contribution >= 0.6 is 0 Å². The van der Waals surface area contributed by atoms with E-state index in [-0.39, 0.29) is 36.1 Å². The van der Waals surface area contributed by atoms with Gasteiger partial charge in [0.25, 0.3) is 11.8 Å². The van der Waals surface area contributed by atoms with Crippen LogP contribution in [0.3, 0.4) is 0 Å². The van der Waals surface area contributed by atoms with Crippen LogP contribution in [0.25, 0.3) is 11.1 Å². The van der Waals surface area contributed by atoms with Crippen LogP contribution in [0.15, 0.2) is 103 Å². The Labute approximate surface area is 449 Å². The number of benzene rings is 3. The van der Waals surface area contributed by atoms with Crippen molar-refractivity contribution in [2.75, 3.05) is 32.8 Å². The molecule has 0 unspecified atom stereocenters. The molecule has 1 aliphatic heterocycles. The number of nitrogens with one attached hydrogen (secondary N) is 4. The minimum absolute atomic E-state index is 0.122.